The maximum absolute atomic E-state index is 12.5. The number of aromatic nitrogens is 3. The van der Waals surface area contributed by atoms with E-state index in [1.54, 1.807) is 18.7 Å². The largest absolute Gasteiger partial charge is 0.381 e. The molecule has 1 atom stereocenters. The molecule has 144 valence electrons. The van der Waals surface area contributed by atoms with E-state index in [0.29, 0.717) is 24.1 Å². The standard InChI is InChI=1S/C21H21ClN4O2/c22-18-3-1-16(2-4-18)20-21(17-5-8-23-9-6-17)26(14-25-20)12-19(27)24-11-15-7-10-28-13-15/h1-6,8-9,14-15H,7,10-13H2,(H,24,27). The Labute approximate surface area is 168 Å². The summed E-state index contributed by atoms with van der Waals surface area (Å²) in [5.41, 5.74) is 3.58. The molecule has 0 bridgehead atoms. The Morgan fingerprint density at radius 1 is 1.18 bits per heavy atom. The lowest BCUT2D eigenvalue weighted by Crippen LogP contribution is -2.32. The molecule has 4 rings (SSSR count). The quantitative estimate of drug-likeness (QED) is 0.693. The molecule has 1 amide bonds. The first-order valence-electron chi connectivity index (χ1n) is 9.26. The molecule has 3 aromatic rings. The van der Waals surface area contributed by atoms with Crippen LogP contribution in [-0.2, 0) is 16.1 Å². The maximum atomic E-state index is 12.5. The number of imidazole rings is 1. The molecule has 1 unspecified atom stereocenters. The van der Waals surface area contributed by atoms with Gasteiger partial charge in [0, 0.05) is 47.6 Å². The molecule has 6 nitrogen and oxygen atoms in total. The van der Waals surface area contributed by atoms with E-state index in [9.17, 15) is 4.79 Å². The van der Waals surface area contributed by atoms with Crippen molar-refractivity contribution in [2.75, 3.05) is 19.8 Å². The van der Waals surface area contributed by atoms with Crippen molar-refractivity contribution in [1.82, 2.24) is 19.9 Å². The number of nitrogens with one attached hydrogen (secondary N) is 1. The minimum absolute atomic E-state index is 0.0396. The fourth-order valence-electron chi connectivity index (χ4n) is 3.35. The SMILES string of the molecule is O=C(Cn1cnc(-c2ccc(Cl)cc2)c1-c1ccncc1)NCC1CCOC1. The lowest BCUT2D eigenvalue weighted by molar-refractivity contribution is -0.121. The van der Waals surface area contributed by atoms with Crippen LogP contribution in [0.15, 0.2) is 55.1 Å². The highest BCUT2D eigenvalue weighted by molar-refractivity contribution is 6.30. The number of amides is 1. The molecule has 1 aliphatic rings. The van der Waals surface area contributed by atoms with Gasteiger partial charge in [0.25, 0.3) is 0 Å². The van der Waals surface area contributed by atoms with Crippen LogP contribution < -0.4 is 5.32 Å². The van der Waals surface area contributed by atoms with Crippen molar-refractivity contribution in [3.05, 3.63) is 60.1 Å². The summed E-state index contributed by atoms with van der Waals surface area (Å²) in [5.74, 6) is 0.360. The molecule has 1 aromatic carbocycles. The maximum Gasteiger partial charge on any atom is 0.240 e. The molecular weight excluding hydrogens is 376 g/mol. The molecular formula is C21H21ClN4O2. The molecule has 3 heterocycles. The second-order valence-electron chi connectivity index (χ2n) is 6.85. The highest BCUT2D eigenvalue weighted by Gasteiger charge is 2.19. The van der Waals surface area contributed by atoms with Crippen molar-refractivity contribution in [2.24, 2.45) is 5.92 Å². The Bertz CT molecular complexity index is 935. The summed E-state index contributed by atoms with van der Waals surface area (Å²) in [6, 6.07) is 11.4. The molecule has 0 saturated carbocycles. The van der Waals surface area contributed by atoms with Crippen LogP contribution in [-0.4, -0.2) is 40.2 Å². The van der Waals surface area contributed by atoms with Crippen LogP contribution in [0.3, 0.4) is 0 Å². The Morgan fingerprint density at radius 2 is 1.96 bits per heavy atom. The Morgan fingerprint density at radius 3 is 2.68 bits per heavy atom. The number of hydrogen-bond acceptors (Lipinski definition) is 4. The lowest BCUT2D eigenvalue weighted by atomic mass is 10.1. The second-order valence-corrected chi connectivity index (χ2v) is 7.28. The third kappa shape index (κ3) is 4.24. The van der Waals surface area contributed by atoms with Gasteiger partial charge in [-0.2, -0.15) is 0 Å². The Kier molecular flexibility index (Phi) is 5.69. The van der Waals surface area contributed by atoms with Gasteiger partial charge in [0.05, 0.1) is 24.3 Å². The van der Waals surface area contributed by atoms with Gasteiger partial charge >= 0.3 is 0 Å². The summed E-state index contributed by atoms with van der Waals surface area (Å²) in [5, 5.41) is 3.68. The van der Waals surface area contributed by atoms with Gasteiger partial charge in [-0.3, -0.25) is 9.78 Å². The molecule has 1 fully saturated rings. The van der Waals surface area contributed by atoms with Gasteiger partial charge < -0.3 is 14.6 Å². The number of pyridine rings is 1. The van der Waals surface area contributed by atoms with E-state index in [4.69, 9.17) is 16.3 Å². The third-order valence-corrected chi connectivity index (χ3v) is 5.09. The van der Waals surface area contributed by atoms with Crippen LogP contribution in [0, 0.1) is 5.92 Å². The fraction of sp³-hybridized carbons (Fsp3) is 0.286. The van der Waals surface area contributed by atoms with E-state index >= 15 is 0 Å². The Hall–Kier alpha value is -2.70. The van der Waals surface area contributed by atoms with Gasteiger partial charge in [0.1, 0.15) is 6.54 Å². The number of nitrogens with zero attached hydrogens (tertiary/aromatic N) is 3. The number of carbonyl (C=O) groups is 1. The number of ether oxygens (including phenoxy) is 1. The van der Waals surface area contributed by atoms with Crippen LogP contribution in [0.5, 0.6) is 0 Å². The zero-order valence-electron chi connectivity index (χ0n) is 15.3. The predicted octanol–water partition coefficient (Wildman–Crippen LogP) is 3.42. The van der Waals surface area contributed by atoms with Gasteiger partial charge in [0.15, 0.2) is 0 Å². The zero-order valence-corrected chi connectivity index (χ0v) is 16.1. The van der Waals surface area contributed by atoms with Crippen LogP contribution in [0.1, 0.15) is 6.42 Å². The first-order valence-corrected chi connectivity index (χ1v) is 9.64. The second kappa shape index (κ2) is 8.54. The normalized spacial score (nSPS) is 16.2. The number of rotatable bonds is 6. The van der Waals surface area contributed by atoms with Crippen molar-refractivity contribution >= 4 is 17.5 Å². The fourth-order valence-corrected chi connectivity index (χ4v) is 3.47. The van der Waals surface area contributed by atoms with Crippen molar-refractivity contribution in [2.45, 2.75) is 13.0 Å². The van der Waals surface area contributed by atoms with Crippen molar-refractivity contribution in [3.63, 3.8) is 0 Å². The average Bonchev–Trinajstić information content (AvgIpc) is 3.38. The molecule has 1 aliphatic heterocycles. The first-order chi connectivity index (χ1) is 13.7. The van der Waals surface area contributed by atoms with Gasteiger partial charge in [-0.15, -0.1) is 0 Å². The van der Waals surface area contributed by atoms with Gasteiger partial charge in [-0.05, 0) is 30.7 Å². The highest BCUT2D eigenvalue weighted by atomic mass is 35.5. The van der Waals surface area contributed by atoms with Crippen LogP contribution in [0.25, 0.3) is 22.5 Å². The summed E-state index contributed by atoms with van der Waals surface area (Å²) < 4.78 is 7.24. The summed E-state index contributed by atoms with van der Waals surface area (Å²) in [7, 11) is 0. The number of benzene rings is 1. The highest BCUT2D eigenvalue weighted by Crippen LogP contribution is 2.31. The van der Waals surface area contributed by atoms with Gasteiger partial charge in [-0.1, -0.05) is 23.7 Å². The Balaban J connectivity index is 1.59. The summed E-state index contributed by atoms with van der Waals surface area (Å²) in [4.78, 5) is 21.2. The molecule has 0 aliphatic carbocycles. The summed E-state index contributed by atoms with van der Waals surface area (Å²) in [6.45, 7) is 2.33. The predicted molar refractivity (Wildman–Crippen MR) is 108 cm³/mol. The smallest absolute Gasteiger partial charge is 0.240 e. The summed E-state index contributed by atoms with van der Waals surface area (Å²) >= 11 is 6.02. The van der Waals surface area contributed by atoms with Crippen LogP contribution >= 0.6 is 11.6 Å². The van der Waals surface area contributed by atoms with E-state index in [0.717, 1.165) is 35.5 Å². The van der Waals surface area contributed by atoms with Crippen LogP contribution in [0.4, 0.5) is 0 Å². The molecule has 28 heavy (non-hydrogen) atoms. The topological polar surface area (TPSA) is 69.0 Å². The van der Waals surface area contributed by atoms with E-state index in [2.05, 4.69) is 15.3 Å². The van der Waals surface area contributed by atoms with Crippen molar-refractivity contribution < 1.29 is 9.53 Å². The monoisotopic (exact) mass is 396 g/mol. The minimum atomic E-state index is -0.0396. The molecule has 0 spiro atoms. The minimum Gasteiger partial charge on any atom is -0.381 e. The summed E-state index contributed by atoms with van der Waals surface area (Å²) in [6.07, 6.45) is 6.17. The molecule has 1 saturated heterocycles. The van der Waals surface area contributed by atoms with E-state index in [1.807, 2.05) is 41.0 Å². The van der Waals surface area contributed by atoms with Gasteiger partial charge in [0.2, 0.25) is 5.91 Å². The van der Waals surface area contributed by atoms with Crippen molar-refractivity contribution in [3.8, 4) is 22.5 Å². The molecule has 7 heteroatoms. The third-order valence-electron chi connectivity index (χ3n) is 4.83. The molecule has 0 radical (unpaired) electrons. The zero-order chi connectivity index (χ0) is 19.3. The molecule has 1 N–H and O–H groups in total. The average molecular weight is 397 g/mol. The number of hydrogen-bond donors (Lipinski definition) is 1. The molecule has 2 aromatic heterocycles. The van der Waals surface area contributed by atoms with Crippen LogP contribution in [0.2, 0.25) is 5.02 Å². The van der Waals surface area contributed by atoms with E-state index < -0.39 is 0 Å². The number of carbonyl (C=O) groups excluding carboxylic acids is 1. The lowest BCUT2D eigenvalue weighted by Gasteiger charge is -2.12. The van der Waals surface area contributed by atoms with E-state index in [-0.39, 0.29) is 12.5 Å². The number of halogens is 1. The van der Waals surface area contributed by atoms with Gasteiger partial charge in [-0.25, -0.2) is 4.98 Å². The first kappa shape index (κ1) is 18.7. The van der Waals surface area contributed by atoms with E-state index in [1.165, 1.54) is 0 Å². The van der Waals surface area contributed by atoms with Crippen molar-refractivity contribution in [1.29, 1.82) is 0 Å².